The topological polar surface area (TPSA) is 40.5 Å². The molecule has 0 aromatic rings. The van der Waals surface area contributed by atoms with Crippen LogP contribution in [0.3, 0.4) is 0 Å². The maximum atomic E-state index is 8.19. The lowest BCUT2D eigenvalue weighted by atomic mass is 10.4. The molecule has 2 nitrogen and oxygen atoms in total. The second kappa shape index (κ2) is 7.78. The average Bonchev–Trinajstić information content (AvgIpc) is 1.97. The highest BCUT2D eigenvalue weighted by Gasteiger charge is 1.59. The first-order valence-electron chi connectivity index (χ1n) is 2.75. The Kier molecular flexibility index (Phi) is 6.83. The van der Waals surface area contributed by atoms with E-state index in [-0.39, 0.29) is 13.2 Å². The molecule has 0 aliphatic heterocycles. The van der Waals surface area contributed by atoms with Gasteiger partial charge in [-0.05, 0) is 12.2 Å². The Morgan fingerprint density at radius 1 is 0.900 bits per heavy atom. The molecule has 0 bridgehead atoms. The molecule has 0 spiro atoms. The number of hydrogen-bond acceptors (Lipinski definition) is 2. The number of aliphatic hydroxyl groups excluding tert-OH is 2. The van der Waals surface area contributed by atoms with Crippen molar-refractivity contribution in [3.8, 4) is 23.7 Å². The first kappa shape index (κ1) is 8.78. The summed E-state index contributed by atoms with van der Waals surface area (Å²) in [4.78, 5) is 0. The first-order chi connectivity index (χ1) is 4.91. The Morgan fingerprint density at radius 3 is 1.60 bits per heavy atom. The van der Waals surface area contributed by atoms with Gasteiger partial charge in [-0.1, -0.05) is 23.7 Å². The molecule has 10 heavy (non-hydrogen) atoms. The van der Waals surface area contributed by atoms with Gasteiger partial charge in [-0.25, -0.2) is 0 Å². The Labute approximate surface area is 60.2 Å². The van der Waals surface area contributed by atoms with Crippen LogP contribution in [0.4, 0.5) is 0 Å². The van der Waals surface area contributed by atoms with E-state index in [4.69, 9.17) is 10.2 Å². The standard InChI is InChI=1S/C8H8O2/c9-7-5-3-1-2-4-6-8-10/h1-2,9-10H,7-8H2. The van der Waals surface area contributed by atoms with Crippen molar-refractivity contribution >= 4 is 0 Å². The molecule has 52 valence electrons. The van der Waals surface area contributed by atoms with Gasteiger partial charge in [-0.15, -0.1) is 0 Å². The summed E-state index contributed by atoms with van der Waals surface area (Å²) in [6.45, 7) is -0.282. The molecule has 0 saturated carbocycles. The molecule has 0 aliphatic rings. The number of aliphatic hydroxyl groups is 2. The summed E-state index contributed by atoms with van der Waals surface area (Å²) in [6.07, 6.45) is 3.03. The van der Waals surface area contributed by atoms with Gasteiger partial charge in [0.15, 0.2) is 0 Å². The van der Waals surface area contributed by atoms with Gasteiger partial charge in [0.25, 0.3) is 0 Å². The Hall–Kier alpha value is -1.22. The predicted octanol–water partition coefficient (Wildman–Crippen LogP) is -0.466. The third-order valence-corrected chi connectivity index (χ3v) is 0.612. The van der Waals surface area contributed by atoms with E-state index < -0.39 is 0 Å². The van der Waals surface area contributed by atoms with Gasteiger partial charge in [0.05, 0.1) is 0 Å². The second-order valence-electron chi connectivity index (χ2n) is 1.29. The van der Waals surface area contributed by atoms with Gasteiger partial charge in [-0.3, -0.25) is 0 Å². The summed E-state index contributed by atoms with van der Waals surface area (Å²) in [7, 11) is 0. The summed E-state index contributed by atoms with van der Waals surface area (Å²) in [6, 6.07) is 0. The van der Waals surface area contributed by atoms with Crippen LogP contribution in [0.25, 0.3) is 0 Å². The van der Waals surface area contributed by atoms with Crippen LogP contribution in [0.15, 0.2) is 12.2 Å². The predicted molar refractivity (Wildman–Crippen MR) is 38.9 cm³/mol. The minimum atomic E-state index is -0.141. The van der Waals surface area contributed by atoms with Crippen LogP contribution in [-0.2, 0) is 0 Å². The summed E-state index contributed by atoms with van der Waals surface area (Å²) in [5.41, 5.74) is 0. The Bertz CT molecular complexity index is 183. The molecule has 0 amide bonds. The molecule has 0 radical (unpaired) electrons. The van der Waals surface area contributed by atoms with E-state index >= 15 is 0 Å². The van der Waals surface area contributed by atoms with E-state index in [1.54, 1.807) is 0 Å². The van der Waals surface area contributed by atoms with E-state index in [2.05, 4.69) is 23.7 Å². The molecule has 0 fully saturated rings. The molecule has 0 rings (SSSR count). The van der Waals surface area contributed by atoms with Gasteiger partial charge in [0, 0.05) is 0 Å². The lowest BCUT2D eigenvalue weighted by molar-refractivity contribution is 0.350. The molecule has 2 N–H and O–H groups in total. The molecule has 0 saturated heterocycles. The quantitative estimate of drug-likeness (QED) is 0.442. The minimum absolute atomic E-state index is 0.141. The average molecular weight is 136 g/mol. The van der Waals surface area contributed by atoms with Crippen molar-refractivity contribution in [2.75, 3.05) is 13.2 Å². The first-order valence-corrected chi connectivity index (χ1v) is 2.75. The summed E-state index contributed by atoms with van der Waals surface area (Å²) in [5.74, 6) is 9.89. The number of rotatable bonds is 0. The maximum Gasteiger partial charge on any atom is 0.104 e. The molecular formula is C8H8O2. The normalized spacial score (nSPS) is 7.80. The van der Waals surface area contributed by atoms with Crippen LogP contribution in [-0.4, -0.2) is 23.4 Å². The van der Waals surface area contributed by atoms with E-state index in [1.807, 2.05) is 0 Å². The number of allylic oxidation sites excluding steroid dienone is 2. The van der Waals surface area contributed by atoms with Crippen molar-refractivity contribution < 1.29 is 10.2 Å². The lowest BCUT2D eigenvalue weighted by Crippen LogP contribution is -1.69. The maximum absolute atomic E-state index is 8.19. The smallest absolute Gasteiger partial charge is 0.104 e. The highest BCUT2D eigenvalue weighted by molar-refractivity contribution is 5.24. The van der Waals surface area contributed by atoms with Crippen molar-refractivity contribution in [3.63, 3.8) is 0 Å². The third-order valence-electron chi connectivity index (χ3n) is 0.612. The molecule has 0 aromatic heterocycles. The molecular weight excluding hydrogens is 128 g/mol. The van der Waals surface area contributed by atoms with E-state index in [0.717, 1.165) is 0 Å². The van der Waals surface area contributed by atoms with Crippen LogP contribution < -0.4 is 0 Å². The minimum Gasteiger partial charge on any atom is -0.384 e. The Morgan fingerprint density at radius 2 is 1.30 bits per heavy atom. The van der Waals surface area contributed by atoms with Crippen LogP contribution in [0, 0.1) is 23.7 Å². The fourth-order valence-corrected chi connectivity index (χ4v) is 0.292. The van der Waals surface area contributed by atoms with Gasteiger partial charge in [-0.2, -0.15) is 0 Å². The van der Waals surface area contributed by atoms with Crippen molar-refractivity contribution in [1.82, 2.24) is 0 Å². The molecule has 0 heterocycles. The second-order valence-corrected chi connectivity index (χ2v) is 1.29. The highest BCUT2D eigenvalue weighted by atomic mass is 16.3. The fraction of sp³-hybridized carbons (Fsp3) is 0.250. The van der Waals surface area contributed by atoms with Crippen molar-refractivity contribution in [1.29, 1.82) is 0 Å². The van der Waals surface area contributed by atoms with Crippen LogP contribution in [0.1, 0.15) is 0 Å². The lowest BCUT2D eigenvalue weighted by Gasteiger charge is -1.67. The summed E-state index contributed by atoms with van der Waals surface area (Å²) in [5, 5.41) is 16.4. The van der Waals surface area contributed by atoms with Gasteiger partial charge < -0.3 is 10.2 Å². The molecule has 2 heteroatoms. The van der Waals surface area contributed by atoms with Crippen LogP contribution >= 0.6 is 0 Å². The molecule has 0 unspecified atom stereocenters. The van der Waals surface area contributed by atoms with Crippen molar-refractivity contribution in [2.45, 2.75) is 0 Å². The van der Waals surface area contributed by atoms with Gasteiger partial charge >= 0.3 is 0 Å². The summed E-state index contributed by atoms with van der Waals surface area (Å²) >= 11 is 0. The molecule has 0 aliphatic carbocycles. The van der Waals surface area contributed by atoms with Crippen LogP contribution in [0.2, 0.25) is 0 Å². The molecule has 0 atom stereocenters. The number of hydrogen-bond donors (Lipinski definition) is 2. The Balaban J connectivity index is 3.56. The largest absolute Gasteiger partial charge is 0.384 e. The third kappa shape index (κ3) is 6.78. The van der Waals surface area contributed by atoms with Gasteiger partial charge in [0.1, 0.15) is 13.2 Å². The van der Waals surface area contributed by atoms with Crippen LogP contribution in [0.5, 0.6) is 0 Å². The monoisotopic (exact) mass is 136 g/mol. The molecule has 0 aromatic carbocycles. The highest BCUT2D eigenvalue weighted by Crippen LogP contribution is 1.65. The van der Waals surface area contributed by atoms with E-state index in [9.17, 15) is 0 Å². The zero-order chi connectivity index (χ0) is 7.66. The zero-order valence-corrected chi connectivity index (χ0v) is 5.46. The van der Waals surface area contributed by atoms with E-state index in [1.165, 1.54) is 12.2 Å². The zero-order valence-electron chi connectivity index (χ0n) is 5.46. The summed E-state index contributed by atoms with van der Waals surface area (Å²) < 4.78 is 0. The van der Waals surface area contributed by atoms with Gasteiger partial charge in [0.2, 0.25) is 0 Å². The van der Waals surface area contributed by atoms with E-state index in [0.29, 0.717) is 0 Å². The fourth-order valence-electron chi connectivity index (χ4n) is 0.292. The SMILES string of the molecule is OCC#CC=CC#CCO. The van der Waals surface area contributed by atoms with Crippen molar-refractivity contribution in [2.24, 2.45) is 0 Å². The van der Waals surface area contributed by atoms with Crippen molar-refractivity contribution in [3.05, 3.63) is 12.2 Å².